The second-order valence-corrected chi connectivity index (χ2v) is 4.23. The Hall–Kier alpha value is -0.860. The summed E-state index contributed by atoms with van der Waals surface area (Å²) in [6.07, 6.45) is 1.10. The van der Waals surface area contributed by atoms with Gasteiger partial charge in [0.2, 0.25) is 0 Å². The maximum absolute atomic E-state index is 5.83. The molecule has 0 aliphatic carbocycles. The molecule has 1 aromatic carbocycles. The lowest BCUT2D eigenvalue weighted by molar-refractivity contribution is -0.0437. The Bertz CT molecular complexity index is 303. The summed E-state index contributed by atoms with van der Waals surface area (Å²) in [6, 6.07) is 8.85. The van der Waals surface area contributed by atoms with Crippen LogP contribution < -0.4 is 5.73 Å². The maximum Gasteiger partial charge on any atom is 0.0522 e. The highest BCUT2D eigenvalue weighted by Gasteiger charge is 2.28. The number of benzene rings is 1. The molecule has 0 aromatic heterocycles. The zero-order valence-corrected chi connectivity index (χ0v) is 9.28. The number of rotatable bonds is 4. The first-order valence-corrected chi connectivity index (χ1v) is 5.71. The second-order valence-electron chi connectivity index (χ2n) is 4.23. The van der Waals surface area contributed by atoms with E-state index in [-0.39, 0.29) is 0 Å². The van der Waals surface area contributed by atoms with Crippen LogP contribution in [0.2, 0.25) is 0 Å². The van der Waals surface area contributed by atoms with Crippen LogP contribution in [0.3, 0.4) is 0 Å². The van der Waals surface area contributed by atoms with E-state index >= 15 is 0 Å². The van der Waals surface area contributed by atoms with Crippen LogP contribution in [0.1, 0.15) is 24.0 Å². The van der Waals surface area contributed by atoms with Crippen molar-refractivity contribution in [2.24, 2.45) is 11.7 Å². The van der Waals surface area contributed by atoms with Crippen LogP contribution in [-0.4, -0.2) is 19.8 Å². The molecular formula is C13H19NO. The van der Waals surface area contributed by atoms with E-state index in [9.17, 15) is 0 Å². The van der Waals surface area contributed by atoms with Gasteiger partial charge in [0.15, 0.2) is 0 Å². The summed E-state index contributed by atoms with van der Waals surface area (Å²) in [7, 11) is 0. The van der Waals surface area contributed by atoms with Crippen molar-refractivity contribution >= 4 is 0 Å². The van der Waals surface area contributed by atoms with Gasteiger partial charge >= 0.3 is 0 Å². The van der Waals surface area contributed by atoms with E-state index in [0.29, 0.717) is 11.8 Å². The molecule has 0 spiro atoms. The van der Waals surface area contributed by atoms with Gasteiger partial charge < -0.3 is 10.5 Å². The molecule has 15 heavy (non-hydrogen) atoms. The lowest BCUT2D eigenvalue weighted by Crippen LogP contribution is -2.36. The fraction of sp³-hybridized carbons (Fsp3) is 0.538. The zero-order valence-electron chi connectivity index (χ0n) is 9.28. The fourth-order valence-electron chi connectivity index (χ4n) is 2.09. The third kappa shape index (κ3) is 2.21. The minimum atomic E-state index is 0.477. The standard InChI is InChI=1S/C13H19NO/c1-2-10-3-5-11(6-4-10)13(7-14)12-8-15-9-12/h3-6,12-13H,2,7-9,14H2,1H3. The Morgan fingerprint density at radius 1 is 1.33 bits per heavy atom. The van der Waals surface area contributed by atoms with Gasteiger partial charge in [-0.2, -0.15) is 0 Å². The summed E-state index contributed by atoms with van der Waals surface area (Å²) in [4.78, 5) is 0. The Balaban J connectivity index is 2.11. The fourth-order valence-corrected chi connectivity index (χ4v) is 2.09. The minimum Gasteiger partial charge on any atom is -0.381 e. The molecule has 2 nitrogen and oxygen atoms in total. The SMILES string of the molecule is CCc1ccc(C(CN)C2COC2)cc1. The van der Waals surface area contributed by atoms with E-state index in [4.69, 9.17) is 10.5 Å². The smallest absolute Gasteiger partial charge is 0.0522 e. The van der Waals surface area contributed by atoms with E-state index in [1.807, 2.05) is 0 Å². The van der Waals surface area contributed by atoms with E-state index in [1.54, 1.807) is 0 Å². The molecule has 0 bridgehead atoms. The Labute approximate surface area is 91.4 Å². The van der Waals surface area contributed by atoms with Gasteiger partial charge in [-0.1, -0.05) is 31.2 Å². The quantitative estimate of drug-likeness (QED) is 0.815. The summed E-state index contributed by atoms with van der Waals surface area (Å²) in [5, 5.41) is 0. The summed E-state index contributed by atoms with van der Waals surface area (Å²) in [5.74, 6) is 1.10. The van der Waals surface area contributed by atoms with Gasteiger partial charge in [0, 0.05) is 11.8 Å². The van der Waals surface area contributed by atoms with Gasteiger partial charge in [-0.25, -0.2) is 0 Å². The predicted octanol–water partition coefficient (Wildman–Crippen LogP) is 1.94. The molecule has 0 saturated carbocycles. The second kappa shape index (κ2) is 4.77. The van der Waals surface area contributed by atoms with Gasteiger partial charge in [-0.15, -0.1) is 0 Å². The van der Waals surface area contributed by atoms with Crippen LogP contribution >= 0.6 is 0 Å². The number of nitrogens with two attached hydrogens (primary N) is 1. The van der Waals surface area contributed by atoms with Gasteiger partial charge in [-0.05, 0) is 24.1 Å². The summed E-state index contributed by atoms with van der Waals surface area (Å²) < 4.78 is 5.23. The lowest BCUT2D eigenvalue weighted by Gasteiger charge is -2.33. The van der Waals surface area contributed by atoms with E-state index in [2.05, 4.69) is 31.2 Å². The summed E-state index contributed by atoms with van der Waals surface area (Å²) in [6.45, 7) is 4.64. The Morgan fingerprint density at radius 2 is 2.00 bits per heavy atom. The first-order valence-electron chi connectivity index (χ1n) is 5.71. The predicted molar refractivity (Wildman–Crippen MR) is 61.9 cm³/mol. The molecule has 0 radical (unpaired) electrons. The van der Waals surface area contributed by atoms with Crippen molar-refractivity contribution in [1.29, 1.82) is 0 Å². The molecule has 0 amide bonds. The maximum atomic E-state index is 5.83. The van der Waals surface area contributed by atoms with Crippen molar-refractivity contribution in [3.05, 3.63) is 35.4 Å². The highest BCUT2D eigenvalue weighted by Crippen LogP contribution is 2.29. The van der Waals surface area contributed by atoms with Crippen LogP contribution in [0, 0.1) is 5.92 Å². The molecule has 1 fully saturated rings. The first-order chi connectivity index (χ1) is 7.35. The van der Waals surface area contributed by atoms with E-state index in [0.717, 1.165) is 26.2 Å². The van der Waals surface area contributed by atoms with Crippen LogP contribution in [0.4, 0.5) is 0 Å². The highest BCUT2D eigenvalue weighted by atomic mass is 16.5. The van der Waals surface area contributed by atoms with Crippen LogP contribution in [0.5, 0.6) is 0 Å². The average Bonchev–Trinajstić information content (AvgIpc) is 2.23. The molecule has 1 unspecified atom stereocenters. The van der Waals surface area contributed by atoms with Crippen molar-refractivity contribution in [2.75, 3.05) is 19.8 Å². The zero-order chi connectivity index (χ0) is 10.7. The normalized spacial score (nSPS) is 18.5. The number of aryl methyl sites for hydroxylation is 1. The molecular weight excluding hydrogens is 186 g/mol. The molecule has 1 aromatic rings. The van der Waals surface area contributed by atoms with Gasteiger partial charge in [0.05, 0.1) is 13.2 Å². The average molecular weight is 205 g/mol. The van der Waals surface area contributed by atoms with Crippen molar-refractivity contribution in [2.45, 2.75) is 19.3 Å². The molecule has 1 atom stereocenters. The van der Waals surface area contributed by atoms with Crippen LogP contribution in [0.25, 0.3) is 0 Å². The third-order valence-electron chi connectivity index (χ3n) is 3.30. The van der Waals surface area contributed by atoms with E-state index in [1.165, 1.54) is 11.1 Å². The Kier molecular flexibility index (Phi) is 3.39. The van der Waals surface area contributed by atoms with Gasteiger partial charge in [0.1, 0.15) is 0 Å². The summed E-state index contributed by atoms with van der Waals surface area (Å²) >= 11 is 0. The topological polar surface area (TPSA) is 35.2 Å². The van der Waals surface area contributed by atoms with Gasteiger partial charge in [-0.3, -0.25) is 0 Å². The number of hydrogen-bond donors (Lipinski definition) is 1. The van der Waals surface area contributed by atoms with Crippen molar-refractivity contribution in [1.82, 2.24) is 0 Å². The van der Waals surface area contributed by atoms with Gasteiger partial charge in [0.25, 0.3) is 0 Å². The van der Waals surface area contributed by atoms with Crippen molar-refractivity contribution in [3.8, 4) is 0 Å². The largest absolute Gasteiger partial charge is 0.381 e. The third-order valence-corrected chi connectivity index (χ3v) is 3.30. The van der Waals surface area contributed by atoms with Crippen molar-refractivity contribution < 1.29 is 4.74 Å². The molecule has 1 heterocycles. The molecule has 2 N–H and O–H groups in total. The Morgan fingerprint density at radius 3 is 2.40 bits per heavy atom. The number of hydrogen-bond acceptors (Lipinski definition) is 2. The molecule has 1 aliphatic heterocycles. The lowest BCUT2D eigenvalue weighted by atomic mass is 9.84. The van der Waals surface area contributed by atoms with Crippen molar-refractivity contribution in [3.63, 3.8) is 0 Å². The van der Waals surface area contributed by atoms with Crippen LogP contribution in [-0.2, 0) is 11.2 Å². The highest BCUT2D eigenvalue weighted by molar-refractivity contribution is 5.26. The molecule has 2 rings (SSSR count). The monoisotopic (exact) mass is 205 g/mol. The minimum absolute atomic E-state index is 0.477. The summed E-state index contributed by atoms with van der Waals surface area (Å²) in [5.41, 5.74) is 8.58. The van der Waals surface area contributed by atoms with E-state index < -0.39 is 0 Å². The molecule has 2 heteroatoms. The molecule has 1 aliphatic rings. The first kappa shape index (κ1) is 10.7. The molecule has 82 valence electrons. The van der Waals surface area contributed by atoms with Crippen LogP contribution in [0.15, 0.2) is 24.3 Å². The molecule has 1 saturated heterocycles. The number of ether oxygens (including phenoxy) is 1.